The van der Waals surface area contributed by atoms with Gasteiger partial charge in [-0.3, -0.25) is 28.8 Å². The van der Waals surface area contributed by atoms with Gasteiger partial charge >= 0.3 is 0 Å². The normalized spacial score (nSPS) is 14.8. The number of benzene rings is 2. The van der Waals surface area contributed by atoms with Gasteiger partial charge in [0.25, 0.3) is 35.4 Å². The zero-order valence-electron chi connectivity index (χ0n) is 46.1. The highest BCUT2D eigenvalue weighted by Gasteiger charge is 2.32. The summed E-state index contributed by atoms with van der Waals surface area (Å²) in [6.07, 6.45) is 22.2. The molecule has 7 aromatic rings. The standard InChI is InChI=1S/C22H22N2O3S.C22H26N2O2S.C19H24N2O3S/c1-14-9-11-15(12-10-14)23-21(26)19-16-6-3-2-4-8-18(16)28-22(19)24-20(25)17-7-5-13-27-17;25-20(16-10-4-1-5-11-16)23-21-19(22(26)24-14-8-3-9-15-24)17-12-6-2-7-13-18(17)27-21;1-3-21(4-2)19(23)16-13-9-6-5-7-11-15(13)25-18(16)20-17(22)14-10-8-12-24-14/h5,7,9-13H,2-4,6,8H2,1H3,(H,23,26)(H,24,25);1,4-5,10-11H,2-3,6-9,12-15H2,(H,23,25);8,10,12H,3-7,9,11H2,1-2H3,(H,20,22). The second-order valence-electron chi connectivity index (χ2n) is 20.6. The molecule has 0 spiro atoms. The van der Waals surface area contributed by atoms with Crippen LogP contribution in [0.4, 0.5) is 20.7 Å². The van der Waals surface area contributed by atoms with Crippen molar-refractivity contribution < 1.29 is 37.6 Å². The number of thiophene rings is 3. The Morgan fingerprint density at radius 1 is 0.475 bits per heavy atom. The monoisotopic (exact) mass is 1140 g/mol. The van der Waals surface area contributed by atoms with E-state index in [-0.39, 0.29) is 47.0 Å². The van der Waals surface area contributed by atoms with Crippen molar-refractivity contribution in [2.75, 3.05) is 47.4 Å². The number of nitrogens with zero attached hydrogens (tertiary/aromatic N) is 2. The molecular weight excluding hydrogens is 1060 g/mol. The fourth-order valence-electron chi connectivity index (χ4n) is 10.8. The van der Waals surface area contributed by atoms with Gasteiger partial charge in [-0.15, -0.1) is 34.0 Å². The number of likely N-dealkylation sites (tertiary alicyclic amines) is 1. The van der Waals surface area contributed by atoms with Crippen LogP contribution in [0, 0.1) is 6.92 Å². The molecule has 5 aromatic heterocycles. The molecule has 0 atom stereocenters. The average molecular weight is 1140 g/mol. The van der Waals surface area contributed by atoms with Crippen molar-refractivity contribution in [3.63, 3.8) is 0 Å². The van der Waals surface area contributed by atoms with Crippen LogP contribution >= 0.6 is 34.0 Å². The molecule has 6 amide bonds. The number of rotatable bonds is 12. The predicted molar refractivity (Wildman–Crippen MR) is 321 cm³/mol. The second-order valence-corrected chi connectivity index (χ2v) is 24.0. The maximum absolute atomic E-state index is 13.4. The van der Waals surface area contributed by atoms with Crippen molar-refractivity contribution in [2.45, 2.75) is 136 Å². The summed E-state index contributed by atoms with van der Waals surface area (Å²) in [7, 11) is 0. The van der Waals surface area contributed by atoms with E-state index in [2.05, 4.69) is 21.3 Å². The lowest BCUT2D eigenvalue weighted by molar-refractivity contribution is 0.0723. The third kappa shape index (κ3) is 14.1. The number of aryl methyl sites for hydroxylation is 4. The maximum Gasteiger partial charge on any atom is 0.291 e. The highest BCUT2D eigenvalue weighted by Crippen LogP contribution is 2.41. The topological polar surface area (TPSA) is 183 Å². The number of furan rings is 2. The fraction of sp³-hybridized carbons (Fsp3) is 0.397. The van der Waals surface area contributed by atoms with Gasteiger partial charge in [0, 0.05) is 52.1 Å². The molecular formula is C63H72N6O8S3. The number of hydrogen-bond acceptors (Lipinski definition) is 11. The summed E-state index contributed by atoms with van der Waals surface area (Å²) in [5.41, 5.74) is 7.93. The molecule has 3 aliphatic carbocycles. The average Bonchev–Trinajstić information content (AvgIpc) is 4.38. The SMILES string of the molecule is CCN(CC)C(=O)c1c(NC(=O)c2ccco2)sc2c1CCCCC2.Cc1ccc(NC(=O)c2c(NC(=O)c3ccco3)sc3c2CCCCC3)cc1.O=C(Nc1sc2c(c1C(=O)N1CCCCC1)CCCCC2)c1ccccc1. The molecule has 14 nitrogen and oxygen atoms in total. The first kappa shape index (κ1) is 57.6. The molecule has 17 heteroatoms. The van der Waals surface area contributed by atoms with Crippen LogP contribution in [-0.2, 0) is 38.5 Å². The Morgan fingerprint density at radius 2 is 0.925 bits per heavy atom. The number of anilines is 4. The number of carbonyl (C=O) groups is 6. The van der Waals surface area contributed by atoms with E-state index in [1.54, 1.807) is 59.1 Å². The van der Waals surface area contributed by atoms with Gasteiger partial charge in [0.1, 0.15) is 15.0 Å². The molecule has 4 N–H and O–H groups in total. The summed E-state index contributed by atoms with van der Waals surface area (Å²) >= 11 is 4.67. The fourth-order valence-corrected chi connectivity index (χ4v) is 14.7. The molecule has 11 rings (SSSR count). The number of nitrogens with one attached hydrogen (secondary N) is 4. The Bertz CT molecular complexity index is 3240. The molecule has 2 aromatic carbocycles. The molecule has 1 fully saturated rings. The van der Waals surface area contributed by atoms with Crippen molar-refractivity contribution in [1.82, 2.24) is 9.80 Å². The highest BCUT2D eigenvalue weighted by molar-refractivity contribution is 7.17. The molecule has 6 heterocycles. The van der Waals surface area contributed by atoms with E-state index in [0.29, 0.717) is 39.8 Å². The van der Waals surface area contributed by atoms with Gasteiger partial charge in [-0.25, -0.2) is 0 Å². The van der Waals surface area contributed by atoms with Gasteiger partial charge < -0.3 is 39.9 Å². The summed E-state index contributed by atoms with van der Waals surface area (Å²) in [5, 5.41) is 13.8. The van der Waals surface area contributed by atoms with E-state index >= 15 is 0 Å². The predicted octanol–water partition coefficient (Wildman–Crippen LogP) is 14.7. The van der Waals surface area contributed by atoms with Crippen LogP contribution in [0.1, 0.15) is 190 Å². The number of amides is 6. The van der Waals surface area contributed by atoms with Crippen LogP contribution in [0.5, 0.6) is 0 Å². The molecule has 4 aliphatic rings. The highest BCUT2D eigenvalue weighted by atomic mass is 32.1. The lowest BCUT2D eigenvalue weighted by Crippen LogP contribution is -2.36. The lowest BCUT2D eigenvalue weighted by atomic mass is 10.0. The Labute approximate surface area is 480 Å². The van der Waals surface area contributed by atoms with Crippen molar-refractivity contribution in [1.29, 1.82) is 0 Å². The number of piperidine rings is 1. The third-order valence-corrected chi connectivity index (χ3v) is 18.8. The summed E-state index contributed by atoms with van der Waals surface area (Å²) < 4.78 is 10.4. The van der Waals surface area contributed by atoms with Gasteiger partial charge in [0.05, 0.1) is 29.2 Å². The van der Waals surface area contributed by atoms with Crippen molar-refractivity contribution in [2.24, 2.45) is 0 Å². The molecule has 80 heavy (non-hydrogen) atoms. The van der Waals surface area contributed by atoms with Crippen molar-refractivity contribution in [3.8, 4) is 0 Å². The van der Waals surface area contributed by atoms with Gasteiger partial charge in [-0.2, -0.15) is 0 Å². The smallest absolute Gasteiger partial charge is 0.291 e. The molecule has 0 bridgehead atoms. The zero-order chi connectivity index (χ0) is 56.0. The third-order valence-electron chi connectivity index (χ3n) is 15.1. The molecule has 1 saturated heterocycles. The first-order valence-corrected chi connectivity index (χ1v) is 30.9. The van der Waals surface area contributed by atoms with Crippen LogP contribution in [0.15, 0.2) is 100 Å². The molecule has 0 radical (unpaired) electrons. The first-order chi connectivity index (χ1) is 39.0. The van der Waals surface area contributed by atoms with E-state index < -0.39 is 0 Å². The Morgan fingerprint density at radius 3 is 1.43 bits per heavy atom. The van der Waals surface area contributed by atoms with E-state index in [1.807, 2.05) is 73.0 Å². The zero-order valence-corrected chi connectivity index (χ0v) is 48.6. The van der Waals surface area contributed by atoms with Gasteiger partial charge in [-0.1, -0.05) is 55.2 Å². The largest absolute Gasteiger partial charge is 0.459 e. The van der Waals surface area contributed by atoms with Crippen LogP contribution < -0.4 is 21.3 Å². The minimum Gasteiger partial charge on any atom is -0.459 e. The van der Waals surface area contributed by atoms with Crippen LogP contribution in [0.3, 0.4) is 0 Å². The van der Waals surface area contributed by atoms with Crippen LogP contribution in [0.2, 0.25) is 0 Å². The van der Waals surface area contributed by atoms with E-state index in [1.165, 1.54) is 63.3 Å². The molecule has 420 valence electrons. The Balaban J connectivity index is 0.000000145. The minimum atomic E-state index is -0.342. The lowest BCUT2D eigenvalue weighted by Gasteiger charge is -2.27. The number of carbonyl (C=O) groups excluding carboxylic acids is 6. The van der Waals surface area contributed by atoms with Crippen molar-refractivity contribution in [3.05, 3.63) is 162 Å². The summed E-state index contributed by atoms with van der Waals surface area (Å²) in [6.45, 7) is 8.94. The van der Waals surface area contributed by atoms with Gasteiger partial charge in [0.2, 0.25) is 0 Å². The van der Waals surface area contributed by atoms with Gasteiger partial charge in [0.15, 0.2) is 11.5 Å². The maximum atomic E-state index is 13.4. The van der Waals surface area contributed by atoms with E-state index in [4.69, 9.17) is 8.83 Å². The molecule has 1 aliphatic heterocycles. The van der Waals surface area contributed by atoms with E-state index in [0.717, 1.165) is 142 Å². The second kappa shape index (κ2) is 27.9. The Hall–Kier alpha value is -7.08. The van der Waals surface area contributed by atoms with Crippen LogP contribution in [0.25, 0.3) is 0 Å². The molecule has 0 saturated carbocycles. The Kier molecular flexibility index (Phi) is 20.1. The van der Waals surface area contributed by atoms with E-state index in [9.17, 15) is 28.8 Å². The summed E-state index contributed by atoms with van der Waals surface area (Å²) in [5.74, 6) is -0.367. The summed E-state index contributed by atoms with van der Waals surface area (Å²) in [6, 6.07) is 23.5. The summed E-state index contributed by atoms with van der Waals surface area (Å²) in [4.78, 5) is 84.8. The van der Waals surface area contributed by atoms with Crippen LogP contribution in [-0.4, -0.2) is 71.4 Å². The number of fused-ring (bicyclic) bond motifs is 3. The first-order valence-electron chi connectivity index (χ1n) is 28.5. The number of hydrogen-bond donors (Lipinski definition) is 4. The van der Waals surface area contributed by atoms with Crippen molar-refractivity contribution >= 4 is 90.1 Å². The quantitative estimate of drug-likeness (QED) is 0.0872. The van der Waals surface area contributed by atoms with Gasteiger partial charge in [-0.05, 0) is 182 Å². The molecule has 0 unspecified atom stereocenters. The minimum absolute atomic E-state index is 0.0131.